The Morgan fingerprint density at radius 1 is 1.40 bits per heavy atom. The number of hydrogen-bond acceptors (Lipinski definition) is 3. The zero-order valence-electron chi connectivity index (χ0n) is 11.3. The van der Waals surface area contributed by atoms with Crippen LogP contribution in [0.3, 0.4) is 0 Å². The van der Waals surface area contributed by atoms with E-state index in [0.29, 0.717) is 22.4 Å². The topological polar surface area (TPSA) is 62.4 Å². The number of aromatic nitrogens is 1. The van der Waals surface area contributed by atoms with E-state index in [4.69, 9.17) is 4.74 Å². The number of hydrogen-bond donors (Lipinski definition) is 1. The molecule has 1 fully saturated rings. The van der Waals surface area contributed by atoms with Gasteiger partial charge in [0.2, 0.25) is 0 Å². The van der Waals surface area contributed by atoms with Crippen LogP contribution in [0.25, 0.3) is 10.9 Å². The molecule has 0 unspecified atom stereocenters. The summed E-state index contributed by atoms with van der Waals surface area (Å²) < 4.78 is 5.40. The Labute approximate surface area is 116 Å². The number of nitrogens with zero attached hydrogens (tertiary/aromatic N) is 1. The number of ether oxygens (including phenoxy) is 1. The van der Waals surface area contributed by atoms with Gasteiger partial charge in [-0.3, -0.25) is 9.59 Å². The first-order chi connectivity index (χ1) is 9.76. The normalized spacial score (nSPS) is 14.8. The van der Waals surface area contributed by atoms with Gasteiger partial charge in [-0.05, 0) is 25.0 Å². The summed E-state index contributed by atoms with van der Waals surface area (Å²) in [6, 6.07) is 3.44. The maximum Gasteiger partial charge on any atom is 0.257 e. The van der Waals surface area contributed by atoms with Crippen molar-refractivity contribution in [1.29, 1.82) is 0 Å². The molecule has 0 spiro atoms. The van der Waals surface area contributed by atoms with E-state index < -0.39 is 0 Å². The van der Waals surface area contributed by atoms with Gasteiger partial charge in [0.1, 0.15) is 0 Å². The van der Waals surface area contributed by atoms with Crippen molar-refractivity contribution in [3.05, 3.63) is 29.5 Å². The lowest BCUT2D eigenvalue weighted by molar-refractivity contribution is 0.0789. The zero-order valence-corrected chi connectivity index (χ0v) is 11.3. The first kappa shape index (κ1) is 12.7. The number of aldehydes is 1. The summed E-state index contributed by atoms with van der Waals surface area (Å²) in [5.41, 5.74) is 1.65. The third-order valence-corrected chi connectivity index (χ3v) is 3.78. The van der Waals surface area contributed by atoms with Gasteiger partial charge in [0, 0.05) is 30.2 Å². The number of methoxy groups -OCH3 is 1. The molecule has 1 aromatic heterocycles. The number of carbonyl (C=O) groups is 2. The molecule has 0 aliphatic carbocycles. The molecule has 0 radical (unpaired) electrons. The summed E-state index contributed by atoms with van der Waals surface area (Å²) in [7, 11) is 1.54. The standard InChI is InChI=1S/C15H16N2O3/c1-20-14-12(15(19)17-6-2-3-7-17)8-10(9-18)11-4-5-16-13(11)14/h4-5,8-9,16H,2-3,6-7H2,1H3. The molecule has 2 aromatic rings. The van der Waals surface area contributed by atoms with E-state index in [-0.39, 0.29) is 5.91 Å². The maximum absolute atomic E-state index is 12.6. The summed E-state index contributed by atoms with van der Waals surface area (Å²) in [6.45, 7) is 1.53. The molecule has 3 rings (SSSR count). The molecule has 2 heterocycles. The highest BCUT2D eigenvalue weighted by atomic mass is 16.5. The van der Waals surface area contributed by atoms with Gasteiger partial charge in [0.05, 0.1) is 18.2 Å². The van der Waals surface area contributed by atoms with Crippen molar-refractivity contribution < 1.29 is 14.3 Å². The lowest BCUT2D eigenvalue weighted by Gasteiger charge is -2.18. The number of likely N-dealkylation sites (tertiary alicyclic amines) is 1. The van der Waals surface area contributed by atoms with Gasteiger partial charge in [0.15, 0.2) is 12.0 Å². The van der Waals surface area contributed by atoms with Gasteiger partial charge in [-0.15, -0.1) is 0 Å². The minimum Gasteiger partial charge on any atom is -0.494 e. The summed E-state index contributed by atoms with van der Waals surface area (Å²) in [6.07, 6.45) is 4.57. The molecule has 20 heavy (non-hydrogen) atoms. The van der Waals surface area contributed by atoms with Crippen molar-refractivity contribution in [1.82, 2.24) is 9.88 Å². The van der Waals surface area contributed by atoms with E-state index in [9.17, 15) is 9.59 Å². The number of aromatic amines is 1. The van der Waals surface area contributed by atoms with E-state index in [1.54, 1.807) is 17.2 Å². The highest BCUT2D eigenvalue weighted by molar-refractivity contribution is 6.08. The Balaban J connectivity index is 2.17. The molecule has 104 valence electrons. The summed E-state index contributed by atoms with van der Waals surface area (Å²) in [5.74, 6) is 0.437. The highest BCUT2D eigenvalue weighted by Crippen LogP contribution is 2.32. The molecule has 5 heteroatoms. The fraction of sp³-hybridized carbons (Fsp3) is 0.333. The van der Waals surface area contributed by atoms with Crippen LogP contribution in [0.4, 0.5) is 0 Å². The van der Waals surface area contributed by atoms with Crippen LogP contribution in [0.15, 0.2) is 18.3 Å². The average molecular weight is 272 g/mol. The van der Waals surface area contributed by atoms with Crippen LogP contribution in [0, 0.1) is 0 Å². The van der Waals surface area contributed by atoms with Crippen molar-refractivity contribution in [3.63, 3.8) is 0 Å². The van der Waals surface area contributed by atoms with Crippen LogP contribution < -0.4 is 4.74 Å². The summed E-state index contributed by atoms with van der Waals surface area (Å²) in [4.78, 5) is 28.7. The Kier molecular flexibility index (Phi) is 3.18. The number of benzene rings is 1. The van der Waals surface area contributed by atoms with E-state index in [1.165, 1.54) is 7.11 Å². The van der Waals surface area contributed by atoms with Crippen molar-refractivity contribution in [3.8, 4) is 5.75 Å². The van der Waals surface area contributed by atoms with Crippen molar-refractivity contribution in [2.24, 2.45) is 0 Å². The van der Waals surface area contributed by atoms with Crippen molar-refractivity contribution >= 4 is 23.1 Å². The predicted octanol–water partition coefficient (Wildman–Crippen LogP) is 2.22. The van der Waals surface area contributed by atoms with E-state index >= 15 is 0 Å². The second-order valence-corrected chi connectivity index (χ2v) is 4.93. The Morgan fingerprint density at radius 2 is 2.15 bits per heavy atom. The quantitative estimate of drug-likeness (QED) is 0.871. The lowest BCUT2D eigenvalue weighted by Crippen LogP contribution is -2.28. The molecule has 1 aliphatic heterocycles. The molecule has 0 bridgehead atoms. The van der Waals surface area contributed by atoms with Gasteiger partial charge in [0.25, 0.3) is 5.91 Å². The molecule has 1 amide bonds. The van der Waals surface area contributed by atoms with Gasteiger partial charge in [-0.25, -0.2) is 0 Å². The van der Waals surface area contributed by atoms with Crippen LogP contribution in [0.1, 0.15) is 33.6 Å². The van der Waals surface area contributed by atoms with Crippen LogP contribution in [0.2, 0.25) is 0 Å². The number of fused-ring (bicyclic) bond motifs is 1. The summed E-state index contributed by atoms with van der Waals surface area (Å²) >= 11 is 0. The molecule has 5 nitrogen and oxygen atoms in total. The number of rotatable bonds is 3. The minimum atomic E-state index is -0.0704. The van der Waals surface area contributed by atoms with Crippen LogP contribution in [0.5, 0.6) is 5.75 Å². The number of carbonyl (C=O) groups excluding carboxylic acids is 2. The van der Waals surface area contributed by atoms with E-state index in [1.807, 2.05) is 6.07 Å². The fourth-order valence-electron chi connectivity index (χ4n) is 2.79. The van der Waals surface area contributed by atoms with Crippen molar-refractivity contribution in [2.75, 3.05) is 20.2 Å². The Morgan fingerprint density at radius 3 is 2.80 bits per heavy atom. The van der Waals surface area contributed by atoms with Gasteiger partial charge in [-0.1, -0.05) is 0 Å². The third kappa shape index (κ3) is 1.86. The zero-order chi connectivity index (χ0) is 14.1. The minimum absolute atomic E-state index is 0.0704. The number of amides is 1. The molecule has 1 aromatic carbocycles. The smallest absolute Gasteiger partial charge is 0.257 e. The Hall–Kier alpha value is -2.30. The molecular weight excluding hydrogens is 256 g/mol. The van der Waals surface area contributed by atoms with Crippen LogP contribution in [-0.2, 0) is 0 Å². The fourth-order valence-corrected chi connectivity index (χ4v) is 2.79. The SMILES string of the molecule is COc1c(C(=O)N2CCCC2)cc(C=O)c2cc[nH]c12. The van der Waals surface area contributed by atoms with Gasteiger partial charge < -0.3 is 14.6 Å². The molecule has 0 atom stereocenters. The van der Waals surface area contributed by atoms with Gasteiger partial charge in [-0.2, -0.15) is 0 Å². The third-order valence-electron chi connectivity index (χ3n) is 3.78. The van der Waals surface area contributed by atoms with E-state index in [2.05, 4.69) is 4.98 Å². The molecule has 1 aliphatic rings. The first-order valence-corrected chi connectivity index (χ1v) is 6.68. The number of H-pyrrole nitrogens is 1. The highest BCUT2D eigenvalue weighted by Gasteiger charge is 2.25. The molecule has 0 saturated carbocycles. The molecular formula is C15H16N2O3. The van der Waals surface area contributed by atoms with Crippen molar-refractivity contribution in [2.45, 2.75) is 12.8 Å². The monoisotopic (exact) mass is 272 g/mol. The second-order valence-electron chi connectivity index (χ2n) is 4.93. The predicted molar refractivity (Wildman–Crippen MR) is 75.4 cm³/mol. The Bertz CT molecular complexity index is 669. The first-order valence-electron chi connectivity index (χ1n) is 6.68. The average Bonchev–Trinajstić information content (AvgIpc) is 3.15. The number of nitrogens with one attached hydrogen (secondary N) is 1. The second kappa shape index (κ2) is 5.00. The lowest BCUT2D eigenvalue weighted by atomic mass is 10.0. The van der Waals surface area contributed by atoms with Gasteiger partial charge >= 0.3 is 0 Å². The van der Waals surface area contributed by atoms with Crippen LogP contribution in [-0.4, -0.2) is 42.3 Å². The largest absolute Gasteiger partial charge is 0.494 e. The van der Waals surface area contributed by atoms with E-state index in [0.717, 1.165) is 37.6 Å². The summed E-state index contributed by atoms with van der Waals surface area (Å²) in [5, 5.41) is 0.773. The molecule has 1 N–H and O–H groups in total. The molecule has 1 saturated heterocycles. The maximum atomic E-state index is 12.6. The van der Waals surface area contributed by atoms with Crippen LogP contribution >= 0.6 is 0 Å².